The molecule has 1 aliphatic heterocycles. The highest BCUT2D eigenvalue weighted by Crippen LogP contribution is 2.46. The van der Waals surface area contributed by atoms with Gasteiger partial charge in [0.05, 0.1) is 11.8 Å². The highest BCUT2D eigenvalue weighted by atomic mass is 16.2. The van der Waals surface area contributed by atoms with E-state index in [4.69, 9.17) is 5.73 Å². The lowest BCUT2D eigenvalue weighted by atomic mass is 10.2. The molecule has 1 aliphatic carbocycles. The molecule has 2 atom stereocenters. The van der Waals surface area contributed by atoms with Gasteiger partial charge in [-0.05, 0) is 31.0 Å². The topological polar surface area (TPSA) is 92.5 Å². The summed E-state index contributed by atoms with van der Waals surface area (Å²) in [6.07, 6.45) is 0.643. The Hall–Kier alpha value is -2.37. The fourth-order valence-corrected chi connectivity index (χ4v) is 2.47. The number of carbonyl (C=O) groups excluding carboxylic acids is 3. The summed E-state index contributed by atoms with van der Waals surface area (Å²) < 4.78 is 0. The number of nitrogen functional groups attached to an aromatic ring is 1. The molecule has 6 nitrogen and oxygen atoms in total. The van der Waals surface area contributed by atoms with E-state index in [9.17, 15) is 14.4 Å². The molecule has 0 aromatic heterocycles. The summed E-state index contributed by atoms with van der Waals surface area (Å²) in [7, 11) is 0. The molecule has 3 rings (SSSR count). The van der Waals surface area contributed by atoms with Crippen LogP contribution >= 0.6 is 0 Å². The van der Waals surface area contributed by atoms with Crippen molar-refractivity contribution in [1.29, 1.82) is 0 Å². The first-order valence-electron chi connectivity index (χ1n) is 6.48. The second kappa shape index (κ2) is 4.33. The van der Waals surface area contributed by atoms with Gasteiger partial charge in [-0.3, -0.25) is 19.3 Å². The number of likely N-dealkylation sites (tertiary alicyclic amines) is 1. The Morgan fingerprint density at radius 3 is 2.60 bits per heavy atom. The Morgan fingerprint density at radius 2 is 2.00 bits per heavy atom. The Bertz CT molecular complexity index is 606. The SMILES string of the molecule is Cc1ccc(NC(=O)CN2C(=O)C3CC3C2=O)cc1N. The number of carbonyl (C=O) groups is 3. The first kappa shape index (κ1) is 12.7. The van der Waals surface area contributed by atoms with Gasteiger partial charge in [-0.15, -0.1) is 0 Å². The molecule has 1 aromatic carbocycles. The summed E-state index contributed by atoms with van der Waals surface area (Å²) in [4.78, 5) is 36.4. The first-order valence-corrected chi connectivity index (χ1v) is 6.48. The summed E-state index contributed by atoms with van der Waals surface area (Å²) in [5, 5.41) is 2.64. The van der Waals surface area contributed by atoms with Gasteiger partial charge in [0, 0.05) is 11.4 Å². The van der Waals surface area contributed by atoms with Crippen LogP contribution in [0.5, 0.6) is 0 Å². The van der Waals surface area contributed by atoms with Crippen LogP contribution in [0.15, 0.2) is 18.2 Å². The zero-order valence-electron chi connectivity index (χ0n) is 11.1. The molecular formula is C14H15N3O3. The molecule has 0 radical (unpaired) electrons. The van der Waals surface area contributed by atoms with Gasteiger partial charge in [-0.25, -0.2) is 0 Å². The lowest BCUT2D eigenvalue weighted by molar-refractivity contribution is -0.143. The van der Waals surface area contributed by atoms with Crippen LogP contribution in [0.4, 0.5) is 11.4 Å². The largest absolute Gasteiger partial charge is 0.398 e. The van der Waals surface area contributed by atoms with Crippen molar-refractivity contribution in [2.45, 2.75) is 13.3 Å². The fraction of sp³-hybridized carbons (Fsp3) is 0.357. The van der Waals surface area contributed by atoms with Crippen LogP contribution in [0, 0.1) is 18.8 Å². The van der Waals surface area contributed by atoms with E-state index in [2.05, 4.69) is 5.32 Å². The number of benzene rings is 1. The zero-order valence-corrected chi connectivity index (χ0v) is 11.1. The van der Waals surface area contributed by atoms with Gasteiger partial charge < -0.3 is 11.1 Å². The van der Waals surface area contributed by atoms with E-state index in [1.54, 1.807) is 18.2 Å². The zero-order chi connectivity index (χ0) is 14.4. The highest BCUT2D eigenvalue weighted by molar-refractivity contribution is 6.11. The molecule has 0 spiro atoms. The molecular weight excluding hydrogens is 258 g/mol. The Morgan fingerprint density at radius 1 is 1.35 bits per heavy atom. The van der Waals surface area contributed by atoms with Crippen LogP contribution in [0.1, 0.15) is 12.0 Å². The minimum absolute atomic E-state index is 0.176. The predicted octanol–water partition coefficient (Wildman–Crippen LogP) is 0.521. The van der Waals surface area contributed by atoms with Gasteiger partial charge in [-0.2, -0.15) is 0 Å². The number of fused-ring (bicyclic) bond motifs is 1. The maximum Gasteiger partial charge on any atom is 0.244 e. The van der Waals surface area contributed by atoms with E-state index in [1.807, 2.05) is 6.92 Å². The summed E-state index contributed by atoms with van der Waals surface area (Å²) >= 11 is 0. The van der Waals surface area contributed by atoms with Crippen molar-refractivity contribution in [3.05, 3.63) is 23.8 Å². The number of anilines is 2. The Balaban J connectivity index is 1.64. The van der Waals surface area contributed by atoms with Gasteiger partial charge in [0.2, 0.25) is 17.7 Å². The van der Waals surface area contributed by atoms with Gasteiger partial charge >= 0.3 is 0 Å². The number of imide groups is 1. The van der Waals surface area contributed by atoms with Gasteiger partial charge in [0.15, 0.2) is 0 Å². The lowest BCUT2D eigenvalue weighted by Crippen LogP contribution is -2.39. The molecule has 1 heterocycles. The standard InChI is InChI=1S/C14H15N3O3/c1-7-2-3-8(4-11(7)15)16-12(18)6-17-13(19)9-5-10(9)14(17)20/h2-4,9-10H,5-6,15H2,1H3,(H,16,18). The Labute approximate surface area is 115 Å². The second-order valence-corrected chi connectivity index (χ2v) is 5.33. The Kier molecular flexibility index (Phi) is 2.74. The van der Waals surface area contributed by atoms with E-state index in [1.165, 1.54) is 0 Å². The van der Waals surface area contributed by atoms with Crippen LogP contribution in [0.3, 0.4) is 0 Å². The monoisotopic (exact) mass is 273 g/mol. The van der Waals surface area contributed by atoms with Crippen LogP contribution in [0.25, 0.3) is 0 Å². The number of aryl methyl sites for hydroxylation is 1. The molecule has 0 bridgehead atoms. The van der Waals surface area contributed by atoms with Crippen LogP contribution in [-0.2, 0) is 14.4 Å². The first-order chi connectivity index (χ1) is 9.47. The van der Waals surface area contributed by atoms with Crippen molar-refractivity contribution in [3.63, 3.8) is 0 Å². The van der Waals surface area contributed by atoms with Crippen LogP contribution in [-0.4, -0.2) is 29.2 Å². The fourth-order valence-electron chi connectivity index (χ4n) is 2.47. The molecule has 3 N–H and O–H groups in total. The van der Waals surface area contributed by atoms with Crippen molar-refractivity contribution in [3.8, 4) is 0 Å². The molecule has 1 saturated carbocycles. The number of nitrogens with two attached hydrogens (primary N) is 1. The second-order valence-electron chi connectivity index (χ2n) is 5.33. The molecule has 104 valence electrons. The molecule has 2 unspecified atom stereocenters. The molecule has 6 heteroatoms. The maximum atomic E-state index is 11.9. The van der Waals surface area contributed by atoms with Crippen molar-refractivity contribution in [2.24, 2.45) is 11.8 Å². The minimum Gasteiger partial charge on any atom is -0.398 e. The predicted molar refractivity (Wildman–Crippen MR) is 72.5 cm³/mol. The third-order valence-electron chi connectivity index (χ3n) is 3.82. The van der Waals surface area contributed by atoms with Crippen molar-refractivity contribution >= 4 is 29.1 Å². The average molecular weight is 273 g/mol. The smallest absolute Gasteiger partial charge is 0.244 e. The number of piperidine rings is 1. The van der Waals surface area contributed by atoms with Gasteiger partial charge in [0.1, 0.15) is 6.54 Å². The molecule has 2 fully saturated rings. The summed E-state index contributed by atoms with van der Waals surface area (Å²) in [6.45, 7) is 1.65. The summed E-state index contributed by atoms with van der Waals surface area (Å²) in [6, 6.07) is 5.18. The van der Waals surface area contributed by atoms with E-state index < -0.39 is 5.91 Å². The number of amides is 3. The summed E-state index contributed by atoms with van der Waals surface area (Å²) in [5.74, 6) is -1.19. The van der Waals surface area contributed by atoms with E-state index in [-0.39, 0.29) is 30.2 Å². The van der Waals surface area contributed by atoms with E-state index in [0.29, 0.717) is 17.8 Å². The minimum atomic E-state index is -0.392. The maximum absolute atomic E-state index is 11.9. The van der Waals surface area contributed by atoms with Crippen molar-refractivity contribution in [1.82, 2.24) is 4.90 Å². The normalized spacial score (nSPS) is 23.8. The molecule has 1 saturated heterocycles. The third kappa shape index (κ3) is 2.03. The van der Waals surface area contributed by atoms with Crippen molar-refractivity contribution in [2.75, 3.05) is 17.6 Å². The number of nitrogens with zero attached hydrogens (tertiary/aromatic N) is 1. The van der Waals surface area contributed by atoms with Gasteiger partial charge in [0.25, 0.3) is 0 Å². The lowest BCUT2D eigenvalue weighted by Gasteiger charge is -2.16. The summed E-state index contributed by atoms with van der Waals surface area (Å²) in [5.41, 5.74) is 7.82. The average Bonchev–Trinajstić information content (AvgIpc) is 3.15. The third-order valence-corrected chi connectivity index (χ3v) is 3.82. The van der Waals surface area contributed by atoms with Crippen LogP contribution < -0.4 is 11.1 Å². The highest BCUT2D eigenvalue weighted by Gasteiger charge is 2.59. The molecule has 20 heavy (non-hydrogen) atoms. The molecule has 3 amide bonds. The van der Waals surface area contributed by atoms with Crippen molar-refractivity contribution < 1.29 is 14.4 Å². The number of rotatable bonds is 3. The number of nitrogens with one attached hydrogen (secondary N) is 1. The molecule has 2 aliphatic rings. The van der Waals surface area contributed by atoms with E-state index in [0.717, 1.165) is 10.5 Å². The van der Waals surface area contributed by atoms with Gasteiger partial charge in [-0.1, -0.05) is 6.07 Å². The number of hydrogen-bond donors (Lipinski definition) is 2. The quantitative estimate of drug-likeness (QED) is 0.620. The molecule has 1 aromatic rings. The van der Waals surface area contributed by atoms with Crippen LogP contribution in [0.2, 0.25) is 0 Å². The van der Waals surface area contributed by atoms with E-state index >= 15 is 0 Å². The number of hydrogen-bond acceptors (Lipinski definition) is 4.